The molecule has 0 spiro atoms. The van der Waals surface area contributed by atoms with Crippen molar-refractivity contribution in [3.05, 3.63) is 53.1 Å². The standard InChI is InChI=1S/C16H18N2O6S2/c1-10-8-14(25(17,20)21)9-15(11(10)2)18-26(22,23)13-6-4-12(5-7-13)16(19)24-3/h4-9,18H,1-3H3,(H2,17,20,21). The van der Waals surface area contributed by atoms with E-state index in [1.807, 2.05) is 0 Å². The van der Waals surface area contributed by atoms with E-state index in [0.717, 1.165) is 6.07 Å². The van der Waals surface area contributed by atoms with E-state index in [9.17, 15) is 21.6 Å². The molecule has 0 unspecified atom stereocenters. The highest BCUT2D eigenvalue weighted by atomic mass is 32.2. The van der Waals surface area contributed by atoms with Gasteiger partial charge in [0.25, 0.3) is 10.0 Å². The van der Waals surface area contributed by atoms with Gasteiger partial charge in [-0.2, -0.15) is 0 Å². The van der Waals surface area contributed by atoms with Crippen molar-refractivity contribution in [1.29, 1.82) is 0 Å². The lowest BCUT2D eigenvalue weighted by atomic mass is 10.1. The molecule has 0 aliphatic heterocycles. The fraction of sp³-hybridized carbons (Fsp3) is 0.188. The minimum Gasteiger partial charge on any atom is -0.465 e. The van der Waals surface area contributed by atoms with Gasteiger partial charge in [0.15, 0.2) is 0 Å². The van der Waals surface area contributed by atoms with Gasteiger partial charge >= 0.3 is 5.97 Å². The Balaban J connectivity index is 2.44. The summed E-state index contributed by atoms with van der Waals surface area (Å²) in [6.45, 7) is 3.30. The summed E-state index contributed by atoms with van der Waals surface area (Å²) in [5.41, 5.74) is 1.43. The van der Waals surface area contributed by atoms with Gasteiger partial charge in [0.1, 0.15) is 0 Å². The average molecular weight is 398 g/mol. The van der Waals surface area contributed by atoms with Crippen LogP contribution < -0.4 is 9.86 Å². The summed E-state index contributed by atoms with van der Waals surface area (Å²) in [5.74, 6) is -0.589. The summed E-state index contributed by atoms with van der Waals surface area (Å²) in [6.07, 6.45) is 0. The molecule has 0 radical (unpaired) electrons. The maximum Gasteiger partial charge on any atom is 0.337 e. The van der Waals surface area contributed by atoms with Crippen molar-refractivity contribution in [2.75, 3.05) is 11.8 Å². The molecule has 2 aromatic rings. The quantitative estimate of drug-likeness (QED) is 0.734. The van der Waals surface area contributed by atoms with Gasteiger partial charge in [0, 0.05) is 0 Å². The van der Waals surface area contributed by atoms with Crippen LogP contribution >= 0.6 is 0 Å². The Labute approximate surface area is 152 Å². The van der Waals surface area contributed by atoms with Crippen molar-refractivity contribution in [1.82, 2.24) is 0 Å². The normalized spacial score (nSPS) is 11.8. The van der Waals surface area contributed by atoms with E-state index < -0.39 is 26.0 Å². The van der Waals surface area contributed by atoms with Crippen molar-refractivity contribution in [2.24, 2.45) is 5.14 Å². The number of methoxy groups -OCH3 is 1. The predicted octanol–water partition coefficient (Wildman–Crippen LogP) is 1.54. The third-order valence-corrected chi connectivity index (χ3v) is 6.07. The highest BCUT2D eigenvalue weighted by Gasteiger charge is 2.19. The minimum absolute atomic E-state index is 0.0942. The molecule has 0 aromatic heterocycles. The predicted molar refractivity (Wildman–Crippen MR) is 95.9 cm³/mol. The number of nitrogens with one attached hydrogen (secondary N) is 1. The number of hydrogen-bond donors (Lipinski definition) is 2. The molecule has 0 saturated carbocycles. The van der Waals surface area contributed by atoms with E-state index in [0.29, 0.717) is 11.1 Å². The summed E-state index contributed by atoms with van der Waals surface area (Å²) in [7, 11) is -6.77. The molecule has 0 bridgehead atoms. The highest BCUT2D eigenvalue weighted by Crippen LogP contribution is 2.26. The summed E-state index contributed by atoms with van der Waals surface area (Å²) < 4.78 is 55.2. The Kier molecular flexibility index (Phi) is 5.40. The summed E-state index contributed by atoms with van der Waals surface area (Å²) in [4.78, 5) is 11.1. The van der Waals surface area contributed by atoms with Crippen LogP contribution in [-0.2, 0) is 24.8 Å². The van der Waals surface area contributed by atoms with Crippen molar-refractivity contribution in [2.45, 2.75) is 23.6 Å². The number of primary sulfonamides is 1. The molecular formula is C16H18N2O6S2. The van der Waals surface area contributed by atoms with Gasteiger partial charge in [0.05, 0.1) is 28.2 Å². The Hall–Kier alpha value is -2.43. The summed E-state index contributed by atoms with van der Waals surface area (Å²) in [6, 6.07) is 7.67. The number of anilines is 1. The number of aryl methyl sites for hydroxylation is 1. The third-order valence-electron chi connectivity index (χ3n) is 3.80. The van der Waals surface area contributed by atoms with E-state index >= 15 is 0 Å². The van der Waals surface area contributed by atoms with Gasteiger partial charge in [-0.25, -0.2) is 26.8 Å². The molecule has 10 heteroatoms. The molecule has 0 heterocycles. The van der Waals surface area contributed by atoms with E-state index in [2.05, 4.69) is 9.46 Å². The molecule has 3 N–H and O–H groups in total. The zero-order valence-corrected chi connectivity index (χ0v) is 15.9. The average Bonchev–Trinajstić information content (AvgIpc) is 2.57. The monoisotopic (exact) mass is 398 g/mol. The molecule has 140 valence electrons. The number of benzene rings is 2. The van der Waals surface area contributed by atoms with E-state index in [4.69, 9.17) is 5.14 Å². The third kappa shape index (κ3) is 4.21. The van der Waals surface area contributed by atoms with Crippen LogP contribution in [0, 0.1) is 13.8 Å². The molecule has 26 heavy (non-hydrogen) atoms. The number of carbonyl (C=O) groups is 1. The second-order valence-corrected chi connectivity index (χ2v) is 8.82. The fourth-order valence-electron chi connectivity index (χ4n) is 2.19. The maximum atomic E-state index is 12.6. The van der Waals surface area contributed by atoms with Gasteiger partial charge < -0.3 is 4.74 Å². The molecule has 0 aliphatic rings. The smallest absolute Gasteiger partial charge is 0.337 e. The van der Waals surface area contributed by atoms with Gasteiger partial charge in [-0.05, 0) is 61.4 Å². The van der Waals surface area contributed by atoms with Gasteiger partial charge in [0.2, 0.25) is 10.0 Å². The summed E-state index contributed by atoms with van der Waals surface area (Å²) >= 11 is 0. The van der Waals surface area contributed by atoms with Crippen molar-refractivity contribution in [3.63, 3.8) is 0 Å². The first-order valence-electron chi connectivity index (χ1n) is 7.31. The fourth-order valence-corrected chi connectivity index (χ4v) is 3.93. The summed E-state index contributed by atoms with van der Waals surface area (Å²) in [5, 5.41) is 5.13. The zero-order valence-electron chi connectivity index (χ0n) is 14.3. The first-order chi connectivity index (χ1) is 12.0. The Morgan fingerprint density at radius 2 is 1.58 bits per heavy atom. The molecule has 0 aliphatic carbocycles. The Morgan fingerprint density at radius 3 is 2.08 bits per heavy atom. The Bertz CT molecular complexity index is 1060. The van der Waals surface area contributed by atoms with Crippen LogP contribution in [0.3, 0.4) is 0 Å². The van der Waals surface area contributed by atoms with Crippen LogP contribution in [0.2, 0.25) is 0 Å². The van der Waals surface area contributed by atoms with Crippen LogP contribution in [0.5, 0.6) is 0 Å². The maximum absolute atomic E-state index is 12.6. The molecule has 2 aromatic carbocycles. The van der Waals surface area contributed by atoms with Crippen LogP contribution in [0.4, 0.5) is 5.69 Å². The van der Waals surface area contributed by atoms with Crippen LogP contribution in [0.1, 0.15) is 21.5 Å². The SMILES string of the molecule is COC(=O)c1ccc(S(=O)(=O)Nc2cc(S(N)(=O)=O)cc(C)c2C)cc1. The highest BCUT2D eigenvalue weighted by molar-refractivity contribution is 7.92. The lowest BCUT2D eigenvalue weighted by Gasteiger charge is -2.14. The second kappa shape index (κ2) is 7.06. The largest absolute Gasteiger partial charge is 0.465 e. The number of esters is 1. The zero-order chi connectivity index (χ0) is 19.7. The van der Waals surface area contributed by atoms with Crippen molar-refractivity contribution >= 4 is 31.7 Å². The van der Waals surface area contributed by atoms with Gasteiger partial charge in [-0.3, -0.25) is 4.72 Å². The lowest BCUT2D eigenvalue weighted by molar-refractivity contribution is 0.0600. The van der Waals surface area contributed by atoms with Gasteiger partial charge in [-0.1, -0.05) is 0 Å². The number of hydrogen-bond acceptors (Lipinski definition) is 6. The van der Waals surface area contributed by atoms with Crippen molar-refractivity contribution in [3.8, 4) is 0 Å². The topological polar surface area (TPSA) is 133 Å². The lowest BCUT2D eigenvalue weighted by Crippen LogP contribution is -2.17. The molecule has 0 fully saturated rings. The number of carbonyl (C=O) groups excluding carboxylic acids is 1. The number of rotatable bonds is 5. The van der Waals surface area contributed by atoms with Crippen LogP contribution in [0.25, 0.3) is 0 Å². The van der Waals surface area contributed by atoms with Crippen molar-refractivity contribution < 1.29 is 26.4 Å². The Morgan fingerprint density at radius 1 is 1.00 bits per heavy atom. The van der Waals surface area contributed by atoms with Gasteiger partial charge in [-0.15, -0.1) is 0 Å². The molecule has 0 saturated heterocycles. The van der Waals surface area contributed by atoms with E-state index in [1.165, 1.54) is 37.4 Å². The number of nitrogens with two attached hydrogens (primary N) is 1. The molecule has 2 rings (SSSR count). The first-order valence-corrected chi connectivity index (χ1v) is 10.3. The minimum atomic E-state index is -4.00. The number of ether oxygens (including phenoxy) is 1. The first kappa shape index (κ1) is 19.9. The second-order valence-electron chi connectivity index (χ2n) is 5.58. The molecule has 0 amide bonds. The molecule has 0 atom stereocenters. The van der Waals surface area contributed by atoms with Crippen LogP contribution in [0.15, 0.2) is 46.2 Å². The van der Waals surface area contributed by atoms with Crippen LogP contribution in [-0.4, -0.2) is 29.9 Å². The number of sulfonamides is 2. The molecule has 8 nitrogen and oxygen atoms in total. The van der Waals surface area contributed by atoms with E-state index in [1.54, 1.807) is 13.8 Å². The van der Waals surface area contributed by atoms with E-state index in [-0.39, 0.29) is 21.0 Å². The molecular weight excluding hydrogens is 380 g/mol.